The number of thioether (sulfide) groups is 1. The summed E-state index contributed by atoms with van der Waals surface area (Å²) in [6.45, 7) is 0. The van der Waals surface area contributed by atoms with Crippen molar-refractivity contribution in [3.8, 4) is 0 Å². The van der Waals surface area contributed by atoms with Gasteiger partial charge in [-0.05, 0) is 5.57 Å². The molecule has 1 fully saturated rings. The standard InChI is InChI=1S/C15H15N9O7S3.Na/c16-15-17-6(2-33-15)8(21-29)11(25)18-9-12(26)24-10(14(27)28)5(1-32-13(9)24)3-34(30,31)4-7-19-22-23-20-7;/h2,9,13,29H,1,3-4H2,(H2,16,17)(H,18,25)(H,27,28)(H,19,20,22,23);/q;+1/p-1/b21-8-;/t9?,13-;/m1./s1. The van der Waals surface area contributed by atoms with Crippen LogP contribution >= 0.6 is 23.1 Å². The van der Waals surface area contributed by atoms with Crippen LogP contribution in [-0.2, 0) is 30.0 Å². The van der Waals surface area contributed by atoms with Crippen molar-refractivity contribution in [2.24, 2.45) is 5.16 Å². The molecule has 2 aliphatic rings. The van der Waals surface area contributed by atoms with E-state index in [1.807, 2.05) is 0 Å². The molecule has 1 saturated heterocycles. The zero-order valence-electron chi connectivity index (χ0n) is 17.7. The Balaban J connectivity index is 0.00000342. The molecule has 20 heteroatoms. The first-order valence-corrected chi connectivity index (χ1v) is 12.9. The second-order valence-corrected chi connectivity index (χ2v) is 11.0. The molecule has 2 atom stereocenters. The molecule has 0 aromatic carbocycles. The largest absolute Gasteiger partial charge is 1.00 e. The van der Waals surface area contributed by atoms with E-state index in [1.54, 1.807) is 0 Å². The van der Waals surface area contributed by atoms with Crippen molar-refractivity contribution in [3.63, 3.8) is 0 Å². The average Bonchev–Trinajstić information content (AvgIpc) is 3.43. The number of tetrazole rings is 1. The number of carbonyl (C=O) groups is 3. The Kier molecular flexibility index (Phi) is 8.17. The maximum atomic E-state index is 12.7. The van der Waals surface area contributed by atoms with Gasteiger partial charge < -0.3 is 26.2 Å². The number of oxime groups is 1. The summed E-state index contributed by atoms with van der Waals surface area (Å²) in [5, 5.41) is 39.5. The topological polar surface area (TPSA) is 250 Å². The number of nitrogens with one attached hydrogen (secondary N) is 2. The number of amides is 2. The molecular weight excluding hydrogens is 537 g/mol. The van der Waals surface area contributed by atoms with Crippen molar-refractivity contribution in [1.29, 1.82) is 0 Å². The van der Waals surface area contributed by atoms with E-state index in [2.05, 4.69) is 36.1 Å². The number of aliphatic carboxylic acids is 1. The molecule has 0 spiro atoms. The smallest absolute Gasteiger partial charge is 0.543 e. The van der Waals surface area contributed by atoms with Crippen LogP contribution in [-0.4, -0.2) is 90.5 Å². The van der Waals surface area contributed by atoms with Gasteiger partial charge in [0, 0.05) is 11.1 Å². The third kappa shape index (κ3) is 5.48. The predicted molar refractivity (Wildman–Crippen MR) is 114 cm³/mol. The quantitative estimate of drug-likeness (QED) is 0.0784. The minimum atomic E-state index is -3.90. The van der Waals surface area contributed by atoms with Crippen LogP contribution in [0.5, 0.6) is 0 Å². The van der Waals surface area contributed by atoms with Crippen molar-refractivity contribution in [2.75, 3.05) is 17.2 Å². The van der Waals surface area contributed by atoms with Crippen LogP contribution in [0.3, 0.4) is 0 Å². The van der Waals surface area contributed by atoms with Crippen molar-refractivity contribution in [3.05, 3.63) is 28.2 Å². The zero-order valence-corrected chi connectivity index (χ0v) is 22.2. The van der Waals surface area contributed by atoms with Gasteiger partial charge in [-0.1, -0.05) is 10.4 Å². The fraction of sp³-hybridized carbons (Fsp3) is 0.333. The van der Waals surface area contributed by atoms with E-state index in [9.17, 15) is 33.1 Å². The van der Waals surface area contributed by atoms with Crippen LogP contribution in [0.4, 0.5) is 5.13 Å². The van der Waals surface area contributed by atoms with E-state index >= 15 is 0 Å². The Labute approximate surface area is 226 Å². The number of rotatable bonds is 8. The van der Waals surface area contributed by atoms with Gasteiger partial charge in [-0.15, -0.1) is 33.3 Å². The number of aromatic amines is 1. The van der Waals surface area contributed by atoms with Crippen molar-refractivity contribution in [2.45, 2.75) is 17.2 Å². The number of nitrogen functional groups attached to an aromatic ring is 1. The van der Waals surface area contributed by atoms with Crippen molar-refractivity contribution >= 4 is 61.6 Å². The first kappa shape index (κ1) is 27.0. The van der Waals surface area contributed by atoms with Crippen molar-refractivity contribution < 1.29 is 62.7 Å². The molecule has 4 rings (SSSR count). The number of thiazole rings is 1. The Morgan fingerprint density at radius 1 is 1.40 bits per heavy atom. The first-order valence-electron chi connectivity index (χ1n) is 9.16. The van der Waals surface area contributed by atoms with Gasteiger partial charge in [-0.3, -0.25) is 14.5 Å². The molecule has 2 aromatic rings. The molecule has 0 saturated carbocycles. The van der Waals surface area contributed by atoms with E-state index in [4.69, 9.17) is 5.73 Å². The SMILES string of the molecule is Nc1nc(/C(=N/O)C(=O)NC2C(=O)N3C(C(=O)[O-])=C(CS(=O)(=O)Cc4nn[nH]n4)CS[C@H]23)cs1.[Na+]. The summed E-state index contributed by atoms with van der Waals surface area (Å²) in [4.78, 5) is 41.8. The second kappa shape index (κ2) is 10.6. The summed E-state index contributed by atoms with van der Waals surface area (Å²) in [6, 6.07) is -1.16. The molecule has 2 aromatic heterocycles. The molecule has 0 radical (unpaired) electrons. The van der Waals surface area contributed by atoms with E-state index in [1.165, 1.54) is 5.38 Å². The molecule has 2 amide bonds. The van der Waals surface area contributed by atoms with E-state index in [0.29, 0.717) is 0 Å². The molecule has 2 aliphatic heterocycles. The second-order valence-electron chi connectivity index (χ2n) is 6.98. The van der Waals surface area contributed by atoms with Crippen LogP contribution in [0.15, 0.2) is 21.8 Å². The monoisotopic (exact) mass is 551 g/mol. The molecule has 35 heavy (non-hydrogen) atoms. The van der Waals surface area contributed by atoms with Gasteiger partial charge in [0.2, 0.25) is 0 Å². The Bertz CT molecular complexity index is 1330. The number of anilines is 1. The first-order chi connectivity index (χ1) is 16.1. The summed E-state index contributed by atoms with van der Waals surface area (Å²) in [6.07, 6.45) is 0. The van der Waals surface area contributed by atoms with Crippen molar-refractivity contribution in [1.82, 2.24) is 35.8 Å². The van der Waals surface area contributed by atoms with Crippen LogP contribution in [0.25, 0.3) is 0 Å². The number of aromatic nitrogens is 5. The van der Waals surface area contributed by atoms with E-state index in [-0.39, 0.29) is 57.5 Å². The summed E-state index contributed by atoms with van der Waals surface area (Å²) < 4.78 is 25.0. The normalized spacial score (nSPS) is 20.1. The van der Waals surface area contributed by atoms with Crippen LogP contribution in [0.2, 0.25) is 0 Å². The van der Waals surface area contributed by atoms with Gasteiger partial charge in [-0.2, -0.15) is 5.21 Å². The van der Waals surface area contributed by atoms with Gasteiger partial charge in [0.05, 0.1) is 17.4 Å². The summed E-state index contributed by atoms with van der Waals surface area (Å²) in [7, 11) is -3.90. The number of sulfone groups is 1. The fourth-order valence-electron chi connectivity index (χ4n) is 3.36. The molecule has 0 bridgehead atoms. The Morgan fingerprint density at radius 2 is 2.14 bits per heavy atom. The van der Waals surface area contributed by atoms with Crippen LogP contribution in [0, 0.1) is 0 Å². The molecule has 180 valence electrons. The number of β-lactam (4-membered cyclic amide) rings is 1. The number of hydrogen-bond donors (Lipinski definition) is 4. The number of nitrogens with two attached hydrogens (primary N) is 1. The number of carboxylic acid groups (broad SMARTS) is 1. The number of nitrogens with zero attached hydrogens (tertiary/aromatic N) is 6. The van der Waals surface area contributed by atoms with Crippen LogP contribution in [0.1, 0.15) is 11.5 Å². The number of carbonyl (C=O) groups excluding carboxylic acids is 3. The molecule has 5 N–H and O–H groups in total. The minimum Gasteiger partial charge on any atom is -0.543 e. The number of hydrogen-bond acceptors (Lipinski definition) is 15. The third-order valence-corrected chi connectivity index (χ3v) is 8.24. The number of H-pyrrole nitrogens is 1. The van der Waals surface area contributed by atoms with E-state index < -0.39 is 62.0 Å². The fourth-order valence-corrected chi connectivity index (χ4v) is 6.77. The van der Waals surface area contributed by atoms with Gasteiger partial charge in [0.1, 0.15) is 22.9 Å². The number of fused-ring (bicyclic) bond motifs is 1. The van der Waals surface area contributed by atoms with Gasteiger partial charge in [0.25, 0.3) is 11.8 Å². The molecule has 16 nitrogen and oxygen atoms in total. The molecule has 1 unspecified atom stereocenters. The summed E-state index contributed by atoms with van der Waals surface area (Å²) >= 11 is 2.06. The number of carboxylic acids is 1. The Morgan fingerprint density at radius 3 is 2.71 bits per heavy atom. The molecule has 4 heterocycles. The third-order valence-electron chi connectivity index (χ3n) is 4.74. The predicted octanol–water partition coefficient (Wildman–Crippen LogP) is -6.56. The summed E-state index contributed by atoms with van der Waals surface area (Å²) in [5.41, 5.74) is 4.41. The van der Waals surface area contributed by atoms with Gasteiger partial charge in [0.15, 0.2) is 26.5 Å². The maximum absolute atomic E-state index is 12.7. The Hall–Kier alpha value is -2.58. The molecular formula is C15H14N9NaO7S3. The molecule has 0 aliphatic carbocycles. The average molecular weight is 552 g/mol. The van der Waals surface area contributed by atoms with Crippen LogP contribution < -0.4 is 45.7 Å². The van der Waals surface area contributed by atoms with E-state index in [0.717, 1.165) is 28.0 Å². The maximum Gasteiger partial charge on any atom is 1.00 e. The van der Waals surface area contributed by atoms with Gasteiger partial charge in [-0.25, -0.2) is 13.4 Å². The zero-order chi connectivity index (χ0) is 24.6. The van der Waals surface area contributed by atoms with Gasteiger partial charge >= 0.3 is 29.6 Å². The minimum absolute atomic E-state index is 0. The summed E-state index contributed by atoms with van der Waals surface area (Å²) in [5.74, 6) is -4.87.